The van der Waals surface area contributed by atoms with Crippen LogP contribution in [0.25, 0.3) is 11.2 Å². The first-order chi connectivity index (χ1) is 7.27. The second kappa shape index (κ2) is 2.75. The minimum atomic E-state index is -1.07. The number of imidazole rings is 1. The summed E-state index contributed by atoms with van der Waals surface area (Å²) in [5.74, 6) is -1.07. The van der Waals surface area contributed by atoms with Gasteiger partial charge in [0.1, 0.15) is 11.8 Å². The Morgan fingerprint density at radius 2 is 2.20 bits per heavy atom. The lowest BCUT2D eigenvalue weighted by molar-refractivity contribution is 0.0692. The van der Waals surface area contributed by atoms with Gasteiger partial charge in [-0.3, -0.25) is 0 Å². The molecule has 15 heavy (non-hydrogen) atoms. The van der Waals surface area contributed by atoms with Gasteiger partial charge in [-0.25, -0.2) is 19.7 Å². The van der Waals surface area contributed by atoms with E-state index in [1.165, 1.54) is 6.33 Å². The lowest BCUT2D eigenvalue weighted by Gasteiger charge is -1.99. The number of hydrogen-bond donors (Lipinski definition) is 1. The first-order valence-corrected chi connectivity index (χ1v) is 4.68. The molecule has 0 spiro atoms. The summed E-state index contributed by atoms with van der Waals surface area (Å²) in [7, 11) is 0. The molecule has 1 aliphatic rings. The number of fused-ring (bicyclic) bond motifs is 1. The number of carboxylic acid groups (broad SMARTS) is 1. The summed E-state index contributed by atoms with van der Waals surface area (Å²) in [6, 6.07) is 0.437. The molecule has 0 unspecified atom stereocenters. The summed E-state index contributed by atoms with van der Waals surface area (Å²) < 4.78 is 1.92. The van der Waals surface area contributed by atoms with Crippen molar-refractivity contribution in [1.82, 2.24) is 19.5 Å². The molecular weight excluding hydrogens is 196 g/mol. The van der Waals surface area contributed by atoms with Crippen LogP contribution in [0.1, 0.15) is 29.4 Å². The maximum atomic E-state index is 10.9. The van der Waals surface area contributed by atoms with Crippen molar-refractivity contribution in [2.45, 2.75) is 18.9 Å². The average Bonchev–Trinajstić information content (AvgIpc) is 2.97. The van der Waals surface area contributed by atoms with Crippen LogP contribution in [0.2, 0.25) is 0 Å². The van der Waals surface area contributed by atoms with Gasteiger partial charge in [-0.05, 0) is 12.8 Å². The Bertz CT molecular complexity index is 544. The van der Waals surface area contributed by atoms with E-state index >= 15 is 0 Å². The number of aromatic nitrogens is 4. The fourth-order valence-corrected chi connectivity index (χ4v) is 1.63. The van der Waals surface area contributed by atoms with E-state index < -0.39 is 5.97 Å². The van der Waals surface area contributed by atoms with Gasteiger partial charge in [0.25, 0.3) is 0 Å². The van der Waals surface area contributed by atoms with Crippen molar-refractivity contribution in [2.24, 2.45) is 0 Å². The third-order valence-electron chi connectivity index (χ3n) is 2.50. The van der Waals surface area contributed by atoms with Crippen LogP contribution >= 0.6 is 0 Å². The van der Waals surface area contributed by atoms with E-state index in [4.69, 9.17) is 5.11 Å². The molecule has 2 aromatic heterocycles. The fourth-order valence-electron chi connectivity index (χ4n) is 1.63. The van der Waals surface area contributed by atoms with Crippen LogP contribution in [0.3, 0.4) is 0 Å². The van der Waals surface area contributed by atoms with Crippen molar-refractivity contribution in [1.29, 1.82) is 0 Å². The predicted molar refractivity (Wildman–Crippen MR) is 50.6 cm³/mol. The molecule has 6 nitrogen and oxygen atoms in total. The van der Waals surface area contributed by atoms with Crippen LogP contribution < -0.4 is 0 Å². The average molecular weight is 204 g/mol. The zero-order chi connectivity index (χ0) is 10.4. The second-order valence-electron chi connectivity index (χ2n) is 3.58. The number of rotatable bonds is 2. The molecule has 6 heteroatoms. The number of hydrogen-bond acceptors (Lipinski definition) is 4. The molecule has 0 radical (unpaired) electrons. The SMILES string of the molecule is O=C(O)c1ncnc2c1ncn2C1CC1. The van der Waals surface area contributed by atoms with E-state index in [9.17, 15) is 4.79 Å². The molecule has 76 valence electrons. The standard InChI is InChI=1S/C9H8N4O2/c14-9(15)7-6-8(11-3-10-7)13(4-12-6)5-1-2-5/h3-5H,1-2H2,(H,14,15). The van der Waals surface area contributed by atoms with Gasteiger partial charge in [-0.1, -0.05) is 0 Å². The molecule has 1 fully saturated rings. The maximum Gasteiger partial charge on any atom is 0.356 e. The highest BCUT2D eigenvalue weighted by Crippen LogP contribution is 2.36. The summed E-state index contributed by atoms with van der Waals surface area (Å²) in [6.45, 7) is 0. The molecular formula is C9H8N4O2. The van der Waals surface area contributed by atoms with E-state index in [0.717, 1.165) is 12.8 Å². The Morgan fingerprint density at radius 3 is 2.87 bits per heavy atom. The van der Waals surface area contributed by atoms with Crippen LogP contribution in [-0.2, 0) is 0 Å². The molecule has 0 saturated heterocycles. The zero-order valence-corrected chi connectivity index (χ0v) is 7.79. The summed E-state index contributed by atoms with van der Waals surface area (Å²) >= 11 is 0. The fraction of sp³-hybridized carbons (Fsp3) is 0.333. The smallest absolute Gasteiger partial charge is 0.356 e. The van der Waals surface area contributed by atoms with Crippen molar-refractivity contribution in [3.05, 3.63) is 18.3 Å². The molecule has 1 aliphatic carbocycles. The zero-order valence-electron chi connectivity index (χ0n) is 7.79. The Hall–Kier alpha value is -1.98. The largest absolute Gasteiger partial charge is 0.476 e. The molecule has 3 rings (SSSR count). The Morgan fingerprint density at radius 1 is 1.40 bits per heavy atom. The van der Waals surface area contributed by atoms with Crippen molar-refractivity contribution in [3.8, 4) is 0 Å². The quantitative estimate of drug-likeness (QED) is 0.784. The highest BCUT2D eigenvalue weighted by atomic mass is 16.4. The topological polar surface area (TPSA) is 80.9 Å². The summed E-state index contributed by atoms with van der Waals surface area (Å²) in [5.41, 5.74) is 0.959. The van der Waals surface area contributed by atoms with Gasteiger partial charge in [0.15, 0.2) is 11.3 Å². The number of carbonyl (C=O) groups is 1. The molecule has 0 atom stereocenters. The van der Waals surface area contributed by atoms with Crippen molar-refractivity contribution in [3.63, 3.8) is 0 Å². The van der Waals surface area contributed by atoms with Gasteiger partial charge in [-0.2, -0.15) is 0 Å². The molecule has 0 aliphatic heterocycles. The van der Waals surface area contributed by atoms with Crippen molar-refractivity contribution in [2.75, 3.05) is 0 Å². The molecule has 0 bridgehead atoms. The molecule has 2 aromatic rings. The van der Waals surface area contributed by atoms with Crippen LogP contribution in [-0.4, -0.2) is 30.6 Å². The van der Waals surface area contributed by atoms with Gasteiger partial charge in [0.05, 0.1) is 6.33 Å². The summed E-state index contributed by atoms with van der Waals surface area (Å²) in [4.78, 5) is 22.7. The Labute approximate surface area is 84.6 Å². The minimum Gasteiger partial charge on any atom is -0.476 e. The van der Waals surface area contributed by atoms with Crippen LogP contribution in [0.5, 0.6) is 0 Å². The highest BCUT2D eigenvalue weighted by Gasteiger charge is 2.26. The van der Waals surface area contributed by atoms with Crippen LogP contribution in [0.4, 0.5) is 0 Å². The molecule has 1 saturated carbocycles. The van der Waals surface area contributed by atoms with Gasteiger partial charge >= 0.3 is 5.97 Å². The molecule has 0 amide bonds. The van der Waals surface area contributed by atoms with E-state index in [1.807, 2.05) is 4.57 Å². The summed E-state index contributed by atoms with van der Waals surface area (Å²) in [6.07, 6.45) is 5.13. The maximum absolute atomic E-state index is 10.9. The van der Waals surface area contributed by atoms with Crippen LogP contribution in [0, 0.1) is 0 Å². The molecule has 0 aromatic carbocycles. The Kier molecular flexibility index (Phi) is 1.53. The first kappa shape index (κ1) is 8.34. The number of nitrogens with zero attached hydrogens (tertiary/aromatic N) is 4. The molecule has 1 N–H and O–H groups in total. The normalized spacial score (nSPS) is 15.7. The van der Waals surface area contributed by atoms with Gasteiger partial charge in [-0.15, -0.1) is 0 Å². The Balaban J connectivity index is 2.27. The van der Waals surface area contributed by atoms with Crippen molar-refractivity contribution >= 4 is 17.1 Å². The lowest BCUT2D eigenvalue weighted by Crippen LogP contribution is -2.03. The van der Waals surface area contributed by atoms with Gasteiger partial charge in [0, 0.05) is 6.04 Å². The van der Waals surface area contributed by atoms with E-state index in [0.29, 0.717) is 17.2 Å². The summed E-state index contributed by atoms with van der Waals surface area (Å²) in [5, 5.41) is 8.91. The molecule has 2 heterocycles. The van der Waals surface area contributed by atoms with Gasteiger partial charge in [0.2, 0.25) is 0 Å². The number of carboxylic acids is 1. The third-order valence-corrected chi connectivity index (χ3v) is 2.50. The van der Waals surface area contributed by atoms with E-state index in [1.54, 1.807) is 6.33 Å². The van der Waals surface area contributed by atoms with Crippen LogP contribution in [0.15, 0.2) is 12.7 Å². The minimum absolute atomic E-state index is 0.0283. The predicted octanol–water partition coefficient (Wildman–Crippen LogP) is 0.859. The lowest BCUT2D eigenvalue weighted by atomic mass is 10.3. The van der Waals surface area contributed by atoms with E-state index in [2.05, 4.69) is 15.0 Å². The van der Waals surface area contributed by atoms with E-state index in [-0.39, 0.29) is 5.69 Å². The van der Waals surface area contributed by atoms with Crippen molar-refractivity contribution < 1.29 is 9.90 Å². The highest BCUT2D eigenvalue weighted by molar-refractivity contribution is 5.97. The second-order valence-corrected chi connectivity index (χ2v) is 3.58. The monoisotopic (exact) mass is 204 g/mol. The third kappa shape index (κ3) is 1.18. The van der Waals surface area contributed by atoms with Gasteiger partial charge < -0.3 is 9.67 Å². The first-order valence-electron chi connectivity index (χ1n) is 4.68. The number of aromatic carboxylic acids is 1.